The zero-order valence-corrected chi connectivity index (χ0v) is 8.26. The Bertz CT molecular complexity index is 333. The summed E-state index contributed by atoms with van der Waals surface area (Å²) in [6, 6.07) is 1.73. The van der Waals surface area contributed by atoms with Gasteiger partial charge in [-0.25, -0.2) is 0 Å². The van der Waals surface area contributed by atoms with Gasteiger partial charge >= 0.3 is 0 Å². The molecule has 1 aromatic heterocycles. The first-order chi connectivity index (χ1) is 5.61. The van der Waals surface area contributed by atoms with E-state index in [2.05, 4.69) is 27.5 Å². The maximum atomic E-state index is 11.3. The molecule has 62 valence electrons. The van der Waals surface area contributed by atoms with Gasteiger partial charge in [0, 0.05) is 22.4 Å². The molecule has 0 bridgehead atoms. The second-order valence-corrected chi connectivity index (χ2v) is 3.42. The van der Waals surface area contributed by atoms with E-state index in [4.69, 9.17) is 0 Å². The highest BCUT2D eigenvalue weighted by atomic mass is 79.9. The molecule has 1 aromatic rings. The van der Waals surface area contributed by atoms with Gasteiger partial charge in [-0.05, 0) is 34.5 Å². The Morgan fingerprint density at radius 1 is 1.58 bits per heavy atom. The number of ketones is 1. The van der Waals surface area contributed by atoms with Crippen LogP contribution in [-0.4, -0.2) is 10.8 Å². The van der Waals surface area contributed by atoms with Gasteiger partial charge in [-0.1, -0.05) is 6.58 Å². The van der Waals surface area contributed by atoms with E-state index >= 15 is 0 Å². The summed E-state index contributed by atoms with van der Waals surface area (Å²) in [7, 11) is 0. The average Bonchev–Trinajstić information content (AvgIpc) is 2.03. The summed E-state index contributed by atoms with van der Waals surface area (Å²) >= 11 is 3.24. The molecule has 0 aromatic carbocycles. The lowest BCUT2D eigenvalue weighted by Crippen LogP contribution is -1.99. The van der Waals surface area contributed by atoms with Crippen LogP contribution < -0.4 is 0 Å². The fraction of sp³-hybridized carbons (Fsp3) is 0.111. The molecule has 0 unspecified atom stereocenters. The van der Waals surface area contributed by atoms with Crippen LogP contribution in [0.4, 0.5) is 0 Å². The fourth-order valence-electron chi connectivity index (χ4n) is 0.782. The van der Waals surface area contributed by atoms with E-state index in [-0.39, 0.29) is 5.78 Å². The molecule has 0 saturated heterocycles. The van der Waals surface area contributed by atoms with Crippen LogP contribution in [-0.2, 0) is 0 Å². The number of nitrogens with zero attached hydrogens (tertiary/aromatic N) is 1. The van der Waals surface area contributed by atoms with Gasteiger partial charge in [-0.3, -0.25) is 9.78 Å². The average molecular weight is 226 g/mol. The number of Topliss-reactive ketones (excluding diaryl/α,β-unsaturated/α-hetero) is 1. The number of rotatable bonds is 2. The second kappa shape index (κ2) is 3.63. The van der Waals surface area contributed by atoms with Gasteiger partial charge in [-0.15, -0.1) is 0 Å². The van der Waals surface area contributed by atoms with Crippen molar-refractivity contribution in [2.24, 2.45) is 0 Å². The third kappa shape index (κ3) is 2.01. The third-order valence-corrected chi connectivity index (χ3v) is 1.79. The molecular weight excluding hydrogens is 218 g/mol. The van der Waals surface area contributed by atoms with Crippen LogP contribution in [0.5, 0.6) is 0 Å². The molecule has 0 atom stereocenters. The predicted molar refractivity (Wildman–Crippen MR) is 51.1 cm³/mol. The highest BCUT2D eigenvalue weighted by Crippen LogP contribution is 2.12. The molecule has 0 fully saturated rings. The van der Waals surface area contributed by atoms with Gasteiger partial charge in [0.15, 0.2) is 5.78 Å². The van der Waals surface area contributed by atoms with E-state index in [1.165, 1.54) is 6.20 Å². The first-order valence-corrected chi connectivity index (χ1v) is 4.21. The van der Waals surface area contributed by atoms with Gasteiger partial charge < -0.3 is 0 Å². The Balaban J connectivity index is 3.04. The Kier molecular flexibility index (Phi) is 2.76. The minimum atomic E-state index is -0.0659. The molecule has 0 N–H and O–H groups in total. The zero-order chi connectivity index (χ0) is 9.14. The van der Waals surface area contributed by atoms with Crippen LogP contribution in [0.2, 0.25) is 0 Å². The first kappa shape index (κ1) is 9.13. The van der Waals surface area contributed by atoms with Crippen LogP contribution in [0.3, 0.4) is 0 Å². The number of carbonyl (C=O) groups excluding carboxylic acids is 1. The molecule has 1 heterocycles. The lowest BCUT2D eigenvalue weighted by Gasteiger charge is -1.98. The van der Waals surface area contributed by atoms with Crippen molar-refractivity contribution in [2.45, 2.75) is 6.92 Å². The molecule has 3 heteroatoms. The minimum absolute atomic E-state index is 0.0659. The van der Waals surface area contributed by atoms with Crippen molar-refractivity contribution in [2.75, 3.05) is 0 Å². The van der Waals surface area contributed by atoms with Gasteiger partial charge in [0.2, 0.25) is 0 Å². The Labute approximate surface area is 79.5 Å². The molecule has 0 aliphatic rings. The van der Waals surface area contributed by atoms with Crippen LogP contribution in [0.15, 0.2) is 35.1 Å². The molecule has 12 heavy (non-hydrogen) atoms. The molecule has 0 radical (unpaired) electrons. The summed E-state index contributed by atoms with van der Waals surface area (Å²) in [4.78, 5) is 15.2. The molecular formula is C9H8BrNO. The smallest absolute Gasteiger partial charge is 0.189 e. The fourth-order valence-corrected chi connectivity index (χ4v) is 1.15. The summed E-state index contributed by atoms with van der Waals surface area (Å²) < 4.78 is 0.801. The Morgan fingerprint density at radius 2 is 2.25 bits per heavy atom. The lowest BCUT2D eigenvalue weighted by molar-refractivity contribution is 0.103. The first-order valence-electron chi connectivity index (χ1n) is 3.42. The summed E-state index contributed by atoms with van der Waals surface area (Å²) in [5.41, 5.74) is 1.09. The van der Waals surface area contributed by atoms with Crippen molar-refractivity contribution in [1.82, 2.24) is 4.98 Å². The summed E-state index contributed by atoms with van der Waals surface area (Å²) in [5.74, 6) is -0.0659. The molecule has 0 saturated carbocycles. The van der Waals surface area contributed by atoms with Crippen LogP contribution >= 0.6 is 15.9 Å². The van der Waals surface area contributed by atoms with Crippen LogP contribution in [0.25, 0.3) is 0 Å². The summed E-state index contributed by atoms with van der Waals surface area (Å²) in [5, 5.41) is 0. The number of pyridine rings is 1. The number of allylic oxidation sites excluding steroid dienone is 1. The normalized spacial score (nSPS) is 9.50. The zero-order valence-electron chi connectivity index (χ0n) is 6.67. The van der Waals surface area contributed by atoms with Crippen molar-refractivity contribution >= 4 is 21.7 Å². The number of hydrogen-bond acceptors (Lipinski definition) is 2. The molecule has 0 aliphatic heterocycles. The van der Waals surface area contributed by atoms with Crippen LogP contribution in [0, 0.1) is 0 Å². The standard InChI is InChI=1S/C9H8BrNO/c1-6(2)9(12)7-3-8(10)5-11-4-7/h3-5H,1H2,2H3. The summed E-state index contributed by atoms with van der Waals surface area (Å²) in [6.07, 6.45) is 3.16. The Hall–Kier alpha value is -0.960. The minimum Gasteiger partial charge on any atom is -0.289 e. The van der Waals surface area contributed by atoms with Crippen LogP contribution in [0.1, 0.15) is 17.3 Å². The maximum Gasteiger partial charge on any atom is 0.189 e. The Morgan fingerprint density at radius 3 is 2.75 bits per heavy atom. The van der Waals surface area contributed by atoms with Gasteiger partial charge in [-0.2, -0.15) is 0 Å². The lowest BCUT2D eigenvalue weighted by atomic mass is 10.1. The van der Waals surface area contributed by atoms with Crippen molar-refractivity contribution in [3.63, 3.8) is 0 Å². The largest absolute Gasteiger partial charge is 0.289 e. The number of carbonyl (C=O) groups is 1. The maximum absolute atomic E-state index is 11.3. The molecule has 1 rings (SSSR count). The van der Waals surface area contributed by atoms with E-state index in [0.29, 0.717) is 11.1 Å². The summed E-state index contributed by atoms with van der Waals surface area (Å²) in [6.45, 7) is 5.25. The number of halogens is 1. The quantitative estimate of drug-likeness (QED) is 0.573. The van der Waals surface area contributed by atoms with Gasteiger partial charge in [0.25, 0.3) is 0 Å². The predicted octanol–water partition coefficient (Wildman–Crippen LogP) is 2.60. The van der Waals surface area contributed by atoms with E-state index in [1.807, 2.05) is 0 Å². The van der Waals surface area contributed by atoms with Crippen molar-refractivity contribution in [3.8, 4) is 0 Å². The van der Waals surface area contributed by atoms with Crippen molar-refractivity contribution in [3.05, 3.63) is 40.6 Å². The van der Waals surface area contributed by atoms with Crippen molar-refractivity contribution in [1.29, 1.82) is 0 Å². The van der Waals surface area contributed by atoms with Crippen molar-refractivity contribution < 1.29 is 4.79 Å². The van der Waals surface area contributed by atoms with E-state index < -0.39 is 0 Å². The highest BCUT2D eigenvalue weighted by molar-refractivity contribution is 9.10. The highest BCUT2D eigenvalue weighted by Gasteiger charge is 2.06. The van der Waals surface area contributed by atoms with E-state index in [9.17, 15) is 4.79 Å². The molecule has 0 spiro atoms. The second-order valence-electron chi connectivity index (χ2n) is 2.50. The molecule has 2 nitrogen and oxygen atoms in total. The monoisotopic (exact) mass is 225 g/mol. The van der Waals surface area contributed by atoms with E-state index in [0.717, 1.165) is 4.47 Å². The topological polar surface area (TPSA) is 30.0 Å². The number of aromatic nitrogens is 1. The van der Waals surface area contributed by atoms with Gasteiger partial charge in [0.1, 0.15) is 0 Å². The SMILES string of the molecule is C=C(C)C(=O)c1cncc(Br)c1. The van der Waals surface area contributed by atoms with Gasteiger partial charge in [0.05, 0.1) is 0 Å². The number of hydrogen-bond donors (Lipinski definition) is 0. The molecule has 0 aliphatic carbocycles. The third-order valence-electron chi connectivity index (χ3n) is 1.35. The molecule has 0 amide bonds. The van der Waals surface area contributed by atoms with E-state index in [1.54, 1.807) is 19.2 Å².